The van der Waals surface area contributed by atoms with Gasteiger partial charge in [-0.3, -0.25) is 0 Å². The molecule has 12 heteroatoms. The SMILES string of the molecule is n1n[nH]c(C(c2nnn[nH]2)c2nnn[nH]2)n1. The molecular weight excluding hydrogens is 216 g/mol. The minimum atomic E-state index is -0.486. The van der Waals surface area contributed by atoms with E-state index in [-0.39, 0.29) is 0 Å². The third-order valence-electron chi connectivity index (χ3n) is 1.91. The first-order valence-electron chi connectivity index (χ1n) is 4.16. The van der Waals surface area contributed by atoms with Crippen molar-refractivity contribution in [3.8, 4) is 0 Å². The molecule has 3 rings (SSSR count). The number of rotatable bonds is 3. The molecule has 0 unspecified atom stereocenters. The molecule has 3 aromatic heterocycles. The zero-order valence-electron chi connectivity index (χ0n) is 7.60. The van der Waals surface area contributed by atoms with Crippen molar-refractivity contribution in [3.63, 3.8) is 0 Å². The first kappa shape index (κ1) is 8.51. The summed E-state index contributed by atoms with van der Waals surface area (Å²) in [6, 6.07) is 0. The topological polar surface area (TPSA) is 163 Å². The van der Waals surface area contributed by atoms with Crippen LogP contribution in [-0.2, 0) is 0 Å². The summed E-state index contributed by atoms with van der Waals surface area (Å²) in [5.41, 5.74) is 0. The van der Waals surface area contributed by atoms with Crippen LogP contribution < -0.4 is 0 Å². The smallest absolute Gasteiger partial charge is 0.167 e. The number of hydrogen-bond donors (Lipinski definition) is 3. The van der Waals surface area contributed by atoms with Crippen molar-refractivity contribution >= 4 is 0 Å². The lowest BCUT2D eigenvalue weighted by Crippen LogP contribution is -2.10. The molecule has 0 saturated heterocycles. The number of H-pyrrole nitrogens is 3. The summed E-state index contributed by atoms with van der Waals surface area (Å²) in [4.78, 5) is 0. The molecular formula is C4H4N12. The average Bonchev–Trinajstić information content (AvgIpc) is 3.02. The van der Waals surface area contributed by atoms with Crippen LogP contribution in [0.3, 0.4) is 0 Å². The molecule has 0 aliphatic heterocycles. The average molecular weight is 220 g/mol. The second-order valence-corrected chi connectivity index (χ2v) is 2.79. The number of hydrogen-bond acceptors (Lipinski definition) is 9. The molecule has 0 amide bonds. The lowest BCUT2D eigenvalue weighted by molar-refractivity contribution is 0.741. The van der Waals surface area contributed by atoms with Gasteiger partial charge in [-0.25, -0.2) is 15.3 Å². The Balaban J connectivity index is 2.09. The van der Waals surface area contributed by atoms with Crippen LogP contribution in [0.15, 0.2) is 0 Å². The van der Waals surface area contributed by atoms with E-state index in [1.54, 1.807) is 0 Å². The molecule has 16 heavy (non-hydrogen) atoms. The van der Waals surface area contributed by atoms with Crippen LogP contribution in [0.2, 0.25) is 0 Å². The molecule has 12 nitrogen and oxygen atoms in total. The summed E-state index contributed by atoms with van der Waals surface area (Å²) in [5, 5.41) is 40.0. The highest BCUT2D eigenvalue weighted by Crippen LogP contribution is 2.21. The molecule has 3 N–H and O–H groups in total. The van der Waals surface area contributed by atoms with Gasteiger partial charge in [0.15, 0.2) is 17.5 Å². The van der Waals surface area contributed by atoms with Crippen LogP contribution in [0.4, 0.5) is 0 Å². The minimum Gasteiger partial charge on any atom is -0.242 e. The number of nitrogens with zero attached hydrogens (tertiary/aromatic N) is 9. The van der Waals surface area contributed by atoms with Crippen molar-refractivity contribution in [1.29, 1.82) is 0 Å². The maximum Gasteiger partial charge on any atom is 0.167 e. The van der Waals surface area contributed by atoms with Gasteiger partial charge in [0, 0.05) is 0 Å². The zero-order chi connectivity index (χ0) is 10.8. The fourth-order valence-corrected chi connectivity index (χ4v) is 1.25. The summed E-state index contributed by atoms with van der Waals surface area (Å²) < 4.78 is 0. The molecule has 0 saturated carbocycles. The van der Waals surface area contributed by atoms with Crippen LogP contribution >= 0.6 is 0 Å². The van der Waals surface area contributed by atoms with Gasteiger partial charge in [-0.05, 0) is 31.3 Å². The second kappa shape index (κ2) is 3.41. The molecule has 3 heterocycles. The van der Waals surface area contributed by atoms with E-state index in [2.05, 4.69) is 61.9 Å². The van der Waals surface area contributed by atoms with Crippen molar-refractivity contribution in [3.05, 3.63) is 17.5 Å². The Morgan fingerprint density at radius 3 is 1.25 bits per heavy atom. The lowest BCUT2D eigenvalue weighted by Gasteiger charge is -2.03. The van der Waals surface area contributed by atoms with Crippen LogP contribution in [0, 0.1) is 0 Å². The number of nitrogens with one attached hydrogen (secondary N) is 3. The van der Waals surface area contributed by atoms with Crippen LogP contribution in [-0.4, -0.2) is 61.9 Å². The summed E-state index contributed by atoms with van der Waals surface area (Å²) in [5.74, 6) is 0.798. The number of aromatic nitrogens is 12. The predicted molar refractivity (Wildman–Crippen MR) is 43.5 cm³/mol. The zero-order valence-corrected chi connectivity index (χ0v) is 7.60. The molecule has 0 fully saturated rings. The van der Waals surface area contributed by atoms with Crippen LogP contribution in [0.25, 0.3) is 0 Å². The molecule has 0 aliphatic carbocycles. The molecule has 0 aromatic carbocycles. The van der Waals surface area contributed by atoms with Crippen molar-refractivity contribution < 1.29 is 0 Å². The fraction of sp³-hybridized carbons (Fsp3) is 0.250. The van der Waals surface area contributed by atoms with Crippen molar-refractivity contribution in [2.75, 3.05) is 0 Å². The van der Waals surface area contributed by atoms with Gasteiger partial charge in [0.2, 0.25) is 0 Å². The first-order chi connectivity index (χ1) is 7.95. The Kier molecular flexibility index (Phi) is 1.81. The summed E-state index contributed by atoms with van der Waals surface area (Å²) in [6.45, 7) is 0. The van der Waals surface area contributed by atoms with Crippen molar-refractivity contribution in [2.24, 2.45) is 0 Å². The molecule has 0 atom stereocenters. The number of tetrazole rings is 3. The highest BCUT2D eigenvalue weighted by atomic mass is 15.5. The van der Waals surface area contributed by atoms with E-state index in [0.29, 0.717) is 17.5 Å². The van der Waals surface area contributed by atoms with Gasteiger partial charge in [-0.2, -0.15) is 0 Å². The highest BCUT2D eigenvalue weighted by Gasteiger charge is 2.27. The largest absolute Gasteiger partial charge is 0.242 e. The van der Waals surface area contributed by atoms with Gasteiger partial charge in [0.05, 0.1) is 0 Å². The summed E-state index contributed by atoms with van der Waals surface area (Å²) in [6.07, 6.45) is 0. The third-order valence-corrected chi connectivity index (χ3v) is 1.91. The van der Waals surface area contributed by atoms with E-state index >= 15 is 0 Å². The molecule has 0 spiro atoms. The fourth-order valence-electron chi connectivity index (χ4n) is 1.25. The monoisotopic (exact) mass is 220 g/mol. The van der Waals surface area contributed by atoms with E-state index in [4.69, 9.17) is 0 Å². The van der Waals surface area contributed by atoms with E-state index in [1.807, 2.05) is 0 Å². The van der Waals surface area contributed by atoms with Gasteiger partial charge in [0.25, 0.3) is 0 Å². The van der Waals surface area contributed by atoms with E-state index in [9.17, 15) is 0 Å². The summed E-state index contributed by atoms with van der Waals surface area (Å²) >= 11 is 0. The van der Waals surface area contributed by atoms with Gasteiger partial charge in [-0.15, -0.1) is 15.3 Å². The molecule has 80 valence electrons. The van der Waals surface area contributed by atoms with Crippen molar-refractivity contribution in [1.82, 2.24) is 61.9 Å². The minimum absolute atomic E-state index is 0.428. The molecule has 0 aliphatic rings. The van der Waals surface area contributed by atoms with E-state index in [0.717, 1.165) is 0 Å². The maximum absolute atomic E-state index is 3.78. The van der Waals surface area contributed by atoms with E-state index < -0.39 is 5.92 Å². The normalized spacial score (nSPS) is 11.1. The Morgan fingerprint density at radius 2 is 1.00 bits per heavy atom. The third kappa shape index (κ3) is 1.28. The lowest BCUT2D eigenvalue weighted by atomic mass is 10.1. The Bertz CT molecular complexity index is 438. The van der Waals surface area contributed by atoms with Crippen LogP contribution in [0.5, 0.6) is 0 Å². The van der Waals surface area contributed by atoms with Crippen molar-refractivity contribution in [2.45, 2.75) is 5.92 Å². The molecule has 0 bridgehead atoms. The van der Waals surface area contributed by atoms with Crippen LogP contribution in [0.1, 0.15) is 23.4 Å². The van der Waals surface area contributed by atoms with Gasteiger partial charge in [-0.1, -0.05) is 0 Å². The number of aromatic amines is 3. The quantitative estimate of drug-likeness (QED) is 0.429. The Hall–Kier alpha value is -2.79. The van der Waals surface area contributed by atoms with Gasteiger partial charge >= 0.3 is 0 Å². The Labute approximate surface area is 86.2 Å². The highest BCUT2D eigenvalue weighted by molar-refractivity contribution is 5.18. The Morgan fingerprint density at radius 1 is 0.625 bits per heavy atom. The summed E-state index contributed by atoms with van der Waals surface area (Å²) in [7, 11) is 0. The first-order valence-corrected chi connectivity index (χ1v) is 4.16. The van der Waals surface area contributed by atoms with Gasteiger partial charge < -0.3 is 0 Å². The standard InChI is InChI=1S/C4H4N12/c5-2(6-12-11-5)1(3-7-13-14-8-3)4-9-15-16-10-4/h1H,(H,5,6,11,12)(H,7,8,13,14)(H,9,10,15,16). The van der Waals surface area contributed by atoms with E-state index in [1.165, 1.54) is 0 Å². The maximum atomic E-state index is 3.78. The van der Waals surface area contributed by atoms with Gasteiger partial charge in [0.1, 0.15) is 5.92 Å². The second-order valence-electron chi connectivity index (χ2n) is 2.79. The molecule has 3 aromatic rings. The predicted octanol–water partition coefficient (Wildman–Crippen LogP) is -2.59. The molecule has 0 radical (unpaired) electrons.